The number of rotatable bonds is 4. The van der Waals surface area contributed by atoms with E-state index in [0.717, 1.165) is 12.8 Å². The molecule has 0 aromatic carbocycles. The fraction of sp³-hybridized carbons (Fsp3) is 0.818. The summed E-state index contributed by atoms with van der Waals surface area (Å²) < 4.78 is 0. The minimum absolute atomic E-state index is 0.155. The molecule has 0 unspecified atom stereocenters. The third-order valence-corrected chi connectivity index (χ3v) is 3.77. The van der Waals surface area contributed by atoms with Crippen molar-refractivity contribution < 1.29 is 19.8 Å². The zero-order chi connectivity index (χ0) is 12.3. The van der Waals surface area contributed by atoms with E-state index in [-0.39, 0.29) is 5.41 Å². The molecule has 2 atom stereocenters. The average molecular weight is 229 g/mol. The molecule has 0 spiro atoms. The van der Waals surface area contributed by atoms with E-state index < -0.39 is 24.0 Å². The van der Waals surface area contributed by atoms with Gasteiger partial charge in [0.2, 0.25) is 0 Å². The highest BCUT2D eigenvalue weighted by Gasteiger charge is 2.42. The van der Waals surface area contributed by atoms with E-state index in [9.17, 15) is 9.59 Å². The molecule has 1 aliphatic heterocycles. The second kappa shape index (κ2) is 4.82. The molecule has 0 radical (unpaired) electrons. The molecule has 1 rings (SSSR count). The molecule has 0 aliphatic carbocycles. The molecule has 1 aliphatic rings. The van der Waals surface area contributed by atoms with Gasteiger partial charge in [0.1, 0.15) is 12.1 Å². The van der Waals surface area contributed by atoms with Gasteiger partial charge in [0, 0.05) is 0 Å². The molecular weight excluding hydrogens is 210 g/mol. The van der Waals surface area contributed by atoms with Crippen molar-refractivity contribution in [2.75, 3.05) is 0 Å². The maximum Gasteiger partial charge on any atom is 0.320 e. The van der Waals surface area contributed by atoms with E-state index in [1.807, 2.05) is 13.8 Å². The standard InChI is InChI=1S/C11H19NO4/c1-3-11(4-2)5-7(9(13)14)12-8(6-11)10(15)16/h7-8,12H,3-6H2,1-2H3,(H,13,14)(H,15,16)/t7-,8-/m0/s1. The normalized spacial score (nSPS) is 28.6. The lowest BCUT2D eigenvalue weighted by atomic mass is 9.69. The van der Waals surface area contributed by atoms with Gasteiger partial charge in [-0.3, -0.25) is 14.9 Å². The van der Waals surface area contributed by atoms with Crippen LogP contribution in [0.4, 0.5) is 0 Å². The molecule has 0 aromatic heterocycles. The summed E-state index contributed by atoms with van der Waals surface area (Å²) >= 11 is 0. The molecule has 0 amide bonds. The van der Waals surface area contributed by atoms with Crippen LogP contribution in [0.15, 0.2) is 0 Å². The Balaban J connectivity index is 2.89. The highest BCUT2D eigenvalue weighted by Crippen LogP contribution is 2.40. The molecule has 16 heavy (non-hydrogen) atoms. The number of carboxylic acids is 2. The minimum atomic E-state index is -0.961. The molecule has 5 heteroatoms. The van der Waals surface area contributed by atoms with Gasteiger partial charge in [0.05, 0.1) is 0 Å². The number of carbonyl (C=O) groups is 2. The Morgan fingerprint density at radius 1 is 1.12 bits per heavy atom. The number of hydrogen-bond donors (Lipinski definition) is 3. The van der Waals surface area contributed by atoms with Gasteiger partial charge in [0.25, 0.3) is 0 Å². The van der Waals surface area contributed by atoms with Crippen molar-refractivity contribution in [2.24, 2.45) is 5.41 Å². The first-order valence-corrected chi connectivity index (χ1v) is 5.66. The summed E-state index contributed by atoms with van der Waals surface area (Å²) in [6.45, 7) is 3.99. The van der Waals surface area contributed by atoms with Gasteiger partial charge in [-0.15, -0.1) is 0 Å². The van der Waals surface area contributed by atoms with Crippen LogP contribution in [0.5, 0.6) is 0 Å². The summed E-state index contributed by atoms with van der Waals surface area (Å²) in [4.78, 5) is 22.0. The van der Waals surface area contributed by atoms with Gasteiger partial charge in [-0.05, 0) is 18.3 Å². The lowest BCUT2D eigenvalue weighted by Crippen LogP contribution is -2.56. The third-order valence-electron chi connectivity index (χ3n) is 3.77. The summed E-state index contributed by atoms with van der Waals surface area (Å²) in [6.07, 6.45) is 2.66. The summed E-state index contributed by atoms with van der Waals surface area (Å²) in [7, 11) is 0. The molecule has 0 aromatic rings. The van der Waals surface area contributed by atoms with E-state index in [4.69, 9.17) is 10.2 Å². The molecule has 0 bridgehead atoms. The Bertz CT molecular complexity index is 262. The van der Waals surface area contributed by atoms with Crippen molar-refractivity contribution in [3.63, 3.8) is 0 Å². The lowest BCUT2D eigenvalue weighted by Gasteiger charge is -2.42. The minimum Gasteiger partial charge on any atom is -0.480 e. The lowest BCUT2D eigenvalue weighted by molar-refractivity contribution is -0.147. The van der Waals surface area contributed by atoms with Gasteiger partial charge in [-0.2, -0.15) is 0 Å². The van der Waals surface area contributed by atoms with Crippen molar-refractivity contribution >= 4 is 11.9 Å². The van der Waals surface area contributed by atoms with Crippen LogP contribution in [0.3, 0.4) is 0 Å². The Morgan fingerprint density at radius 2 is 1.50 bits per heavy atom. The predicted octanol–water partition coefficient (Wildman–Crippen LogP) is 1.08. The Hall–Kier alpha value is -1.10. The third kappa shape index (κ3) is 2.52. The summed E-state index contributed by atoms with van der Waals surface area (Å²) in [5, 5.41) is 20.7. The van der Waals surface area contributed by atoms with E-state index in [1.165, 1.54) is 0 Å². The maximum absolute atomic E-state index is 11.0. The van der Waals surface area contributed by atoms with Crippen LogP contribution in [0.2, 0.25) is 0 Å². The predicted molar refractivity (Wildman–Crippen MR) is 58.2 cm³/mol. The van der Waals surface area contributed by atoms with E-state index >= 15 is 0 Å². The van der Waals surface area contributed by atoms with Crippen LogP contribution < -0.4 is 5.32 Å². The highest BCUT2D eigenvalue weighted by atomic mass is 16.4. The van der Waals surface area contributed by atoms with Crippen molar-refractivity contribution in [3.8, 4) is 0 Å². The fourth-order valence-corrected chi connectivity index (χ4v) is 2.45. The summed E-state index contributed by atoms with van der Waals surface area (Å²) in [5.74, 6) is -1.92. The number of nitrogens with one attached hydrogen (secondary N) is 1. The van der Waals surface area contributed by atoms with Crippen LogP contribution >= 0.6 is 0 Å². The van der Waals surface area contributed by atoms with Gasteiger partial charge < -0.3 is 10.2 Å². The molecule has 1 saturated heterocycles. The molecule has 0 saturated carbocycles. The first-order chi connectivity index (χ1) is 7.44. The number of hydrogen-bond acceptors (Lipinski definition) is 3. The van der Waals surface area contributed by atoms with Crippen LogP contribution in [-0.4, -0.2) is 34.2 Å². The van der Waals surface area contributed by atoms with Gasteiger partial charge in [0.15, 0.2) is 0 Å². The smallest absolute Gasteiger partial charge is 0.320 e. The van der Waals surface area contributed by atoms with Gasteiger partial charge in [-0.25, -0.2) is 0 Å². The van der Waals surface area contributed by atoms with Crippen molar-refractivity contribution in [1.82, 2.24) is 5.32 Å². The van der Waals surface area contributed by atoms with Gasteiger partial charge >= 0.3 is 11.9 Å². The topological polar surface area (TPSA) is 86.6 Å². The van der Waals surface area contributed by atoms with Crippen LogP contribution in [0.1, 0.15) is 39.5 Å². The molecule has 1 fully saturated rings. The number of piperidine rings is 1. The second-order valence-corrected chi connectivity index (χ2v) is 4.56. The van der Waals surface area contributed by atoms with E-state index in [2.05, 4.69) is 5.32 Å². The highest BCUT2D eigenvalue weighted by molar-refractivity contribution is 5.78. The molecule has 5 nitrogen and oxygen atoms in total. The van der Waals surface area contributed by atoms with E-state index in [0.29, 0.717) is 12.8 Å². The molecular formula is C11H19NO4. The molecule has 92 valence electrons. The van der Waals surface area contributed by atoms with Crippen molar-refractivity contribution in [2.45, 2.75) is 51.6 Å². The summed E-state index contributed by atoms with van der Waals surface area (Å²) in [6, 6.07) is -1.48. The zero-order valence-electron chi connectivity index (χ0n) is 9.69. The maximum atomic E-state index is 11.0. The monoisotopic (exact) mass is 229 g/mol. The quantitative estimate of drug-likeness (QED) is 0.671. The second-order valence-electron chi connectivity index (χ2n) is 4.56. The average Bonchev–Trinajstić information content (AvgIpc) is 2.28. The summed E-state index contributed by atoms with van der Waals surface area (Å²) in [5.41, 5.74) is -0.155. The Labute approximate surface area is 94.8 Å². The Kier molecular flexibility index (Phi) is 3.91. The molecule has 3 N–H and O–H groups in total. The van der Waals surface area contributed by atoms with Crippen molar-refractivity contribution in [3.05, 3.63) is 0 Å². The van der Waals surface area contributed by atoms with Crippen LogP contribution in [-0.2, 0) is 9.59 Å². The Morgan fingerprint density at radius 3 is 1.75 bits per heavy atom. The van der Waals surface area contributed by atoms with E-state index in [1.54, 1.807) is 0 Å². The fourth-order valence-electron chi connectivity index (χ4n) is 2.45. The first kappa shape index (κ1) is 13.0. The van der Waals surface area contributed by atoms with Gasteiger partial charge in [-0.1, -0.05) is 26.7 Å². The molecule has 1 heterocycles. The van der Waals surface area contributed by atoms with Crippen LogP contribution in [0, 0.1) is 5.41 Å². The zero-order valence-corrected chi connectivity index (χ0v) is 9.69. The number of aliphatic carboxylic acids is 2. The van der Waals surface area contributed by atoms with Crippen LogP contribution in [0.25, 0.3) is 0 Å². The number of carboxylic acid groups (broad SMARTS) is 2. The van der Waals surface area contributed by atoms with Crippen molar-refractivity contribution in [1.29, 1.82) is 0 Å². The largest absolute Gasteiger partial charge is 0.480 e. The first-order valence-electron chi connectivity index (χ1n) is 5.66. The SMILES string of the molecule is CCC1(CC)C[C@@H](C(=O)O)N[C@H](C(=O)O)C1.